The fraction of sp³-hybridized carbons (Fsp3) is 0.500. The molecule has 0 unspecified atom stereocenters. The minimum absolute atomic E-state index is 0.485. The summed E-state index contributed by atoms with van der Waals surface area (Å²) in [5.41, 5.74) is 0.815. The predicted molar refractivity (Wildman–Crippen MR) is 111 cm³/mol. The standard InChI is InChI=1S/C14H14O3.C8H18N2/c1-9(14(15)16)10-3-4-12-8-13(17-2)6-5-11(12)7-10;1-7(2)10-8-4-3-5-9-6-8/h3-9H,1-2H3,(H,15,16);7-10H,3-6H2,1-2H3/t9-;8-/m01/s1. The van der Waals surface area contributed by atoms with Crippen LogP contribution < -0.4 is 15.4 Å². The van der Waals surface area contributed by atoms with Gasteiger partial charge in [-0.25, -0.2) is 0 Å². The summed E-state index contributed by atoms with van der Waals surface area (Å²) in [6.45, 7) is 8.45. The molecule has 0 aromatic heterocycles. The zero-order valence-corrected chi connectivity index (χ0v) is 16.8. The van der Waals surface area contributed by atoms with Gasteiger partial charge >= 0.3 is 5.97 Å². The molecular weight excluding hydrogens is 340 g/mol. The van der Waals surface area contributed by atoms with Crippen molar-refractivity contribution < 1.29 is 14.6 Å². The Morgan fingerprint density at radius 1 is 1.19 bits per heavy atom. The lowest BCUT2D eigenvalue weighted by molar-refractivity contribution is -0.138. The van der Waals surface area contributed by atoms with Gasteiger partial charge in [0.2, 0.25) is 0 Å². The van der Waals surface area contributed by atoms with Crippen LogP contribution in [-0.4, -0.2) is 43.4 Å². The van der Waals surface area contributed by atoms with E-state index < -0.39 is 11.9 Å². The molecule has 0 aliphatic carbocycles. The number of carboxylic acid groups (broad SMARTS) is 1. The number of aliphatic carboxylic acids is 1. The first-order valence-corrected chi connectivity index (χ1v) is 9.68. The van der Waals surface area contributed by atoms with E-state index in [0.29, 0.717) is 12.1 Å². The average molecular weight is 373 g/mol. The molecule has 1 saturated heterocycles. The summed E-state index contributed by atoms with van der Waals surface area (Å²) in [5.74, 6) is -0.490. The topological polar surface area (TPSA) is 70.6 Å². The van der Waals surface area contributed by atoms with Crippen LogP contribution in [-0.2, 0) is 4.79 Å². The summed E-state index contributed by atoms with van der Waals surface area (Å²) in [4.78, 5) is 10.9. The van der Waals surface area contributed by atoms with Crippen LogP contribution >= 0.6 is 0 Å². The van der Waals surface area contributed by atoms with Crippen molar-refractivity contribution in [1.29, 1.82) is 0 Å². The maximum atomic E-state index is 10.9. The number of benzene rings is 2. The highest BCUT2D eigenvalue weighted by molar-refractivity contribution is 5.86. The number of piperidine rings is 1. The Labute approximate surface area is 162 Å². The van der Waals surface area contributed by atoms with Gasteiger partial charge < -0.3 is 20.5 Å². The number of nitrogens with one attached hydrogen (secondary N) is 2. The molecular formula is C22H32N2O3. The second-order valence-electron chi connectivity index (χ2n) is 7.40. The highest BCUT2D eigenvalue weighted by Gasteiger charge is 2.14. The molecule has 1 heterocycles. The van der Waals surface area contributed by atoms with E-state index >= 15 is 0 Å². The Kier molecular flexibility index (Phi) is 8.07. The van der Waals surface area contributed by atoms with Crippen LogP contribution in [0.25, 0.3) is 10.8 Å². The lowest BCUT2D eigenvalue weighted by Gasteiger charge is -2.25. The quantitative estimate of drug-likeness (QED) is 0.745. The monoisotopic (exact) mass is 372 g/mol. The Bertz CT molecular complexity index is 739. The summed E-state index contributed by atoms with van der Waals surface area (Å²) >= 11 is 0. The summed E-state index contributed by atoms with van der Waals surface area (Å²) in [6.07, 6.45) is 2.66. The van der Waals surface area contributed by atoms with Crippen molar-refractivity contribution in [3.05, 3.63) is 42.0 Å². The Balaban J connectivity index is 0.000000223. The summed E-state index contributed by atoms with van der Waals surface area (Å²) < 4.78 is 5.14. The molecule has 5 nitrogen and oxygen atoms in total. The van der Waals surface area contributed by atoms with Crippen LogP contribution in [0.4, 0.5) is 0 Å². The molecule has 0 radical (unpaired) electrons. The van der Waals surface area contributed by atoms with Gasteiger partial charge in [0.25, 0.3) is 0 Å². The smallest absolute Gasteiger partial charge is 0.310 e. The molecule has 1 aliphatic rings. The highest BCUT2D eigenvalue weighted by Crippen LogP contribution is 2.25. The van der Waals surface area contributed by atoms with Crippen molar-refractivity contribution in [2.75, 3.05) is 20.2 Å². The van der Waals surface area contributed by atoms with Crippen LogP contribution in [0.5, 0.6) is 5.75 Å². The van der Waals surface area contributed by atoms with E-state index in [0.717, 1.165) is 28.6 Å². The van der Waals surface area contributed by atoms with Crippen molar-refractivity contribution in [2.45, 2.75) is 51.6 Å². The van der Waals surface area contributed by atoms with Crippen molar-refractivity contribution in [3.8, 4) is 5.75 Å². The minimum atomic E-state index is -0.808. The third-order valence-corrected chi connectivity index (χ3v) is 4.81. The van der Waals surface area contributed by atoms with Crippen LogP contribution in [0, 0.1) is 0 Å². The van der Waals surface area contributed by atoms with E-state index in [-0.39, 0.29) is 0 Å². The van der Waals surface area contributed by atoms with E-state index in [4.69, 9.17) is 9.84 Å². The maximum absolute atomic E-state index is 10.9. The van der Waals surface area contributed by atoms with Gasteiger partial charge in [0, 0.05) is 18.6 Å². The first kappa shape index (κ1) is 21.2. The van der Waals surface area contributed by atoms with Gasteiger partial charge in [-0.3, -0.25) is 4.79 Å². The SMILES string of the molecule is CC(C)N[C@@H]1CCCNC1.COc1ccc2cc([C@H](C)C(=O)O)ccc2c1. The third-order valence-electron chi connectivity index (χ3n) is 4.81. The Morgan fingerprint density at radius 3 is 2.48 bits per heavy atom. The number of ether oxygens (including phenoxy) is 1. The van der Waals surface area contributed by atoms with Gasteiger partial charge in [-0.15, -0.1) is 0 Å². The average Bonchev–Trinajstić information content (AvgIpc) is 2.67. The molecule has 5 heteroatoms. The fourth-order valence-corrected chi connectivity index (χ4v) is 3.25. The lowest BCUT2D eigenvalue weighted by atomic mass is 9.98. The number of carboxylic acids is 1. The number of hydrogen-bond donors (Lipinski definition) is 3. The Morgan fingerprint density at radius 2 is 1.89 bits per heavy atom. The largest absolute Gasteiger partial charge is 0.497 e. The molecule has 0 saturated carbocycles. The van der Waals surface area contributed by atoms with Crippen LogP contribution in [0.3, 0.4) is 0 Å². The maximum Gasteiger partial charge on any atom is 0.310 e. The highest BCUT2D eigenvalue weighted by atomic mass is 16.5. The fourth-order valence-electron chi connectivity index (χ4n) is 3.25. The second-order valence-corrected chi connectivity index (χ2v) is 7.40. The molecule has 1 aliphatic heterocycles. The molecule has 0 spiro atoms. The molecule has 0 bridgehead atoms. The number of methoxy groups -OCH3 is 1. The van der Waals surface area contributed by atoms with E-state index in [9.17, 15) is 4.79 Å². The van der Waals surface area contributed by atoms with Crippen LogP contribution in [0.2, 0.25) is 0 Å². The van der Waals surface area contributed by atoms with Crippen molar-refractivity contribution in [2.24, 2.45) is 0 Å². The van der Waals surface area contributed by atoms with Crippen LogP contribution in [0.15, 0.2) is 36.4 Å². The summed E-state index contributed by atoms with van der Waals surface area (Å²) in [6, 6.07) is 12.8. The predicted octanol–water partition coefficient (Wildman–Crippen LogP) is 3.77. The minimum Gasteiger partial charge on any atom is -0.497 e. The Hall–Kier alpha value is -2.11. The van der Waals surface area contributed by atoms with Gasteiger partial charge in [0.1, 0.15) is 5.75 Å². The van der Waals surface area contributed by atoms with Gasteiger partial charge in [0.05, 0.1) is 13.0 Å². The molecule has 0 amide bonds. The van der Waals surface area contributed by atoms with E-state index in [1.165, 1.54) is 19.4 Å². The van der Waals surface area contributed by atoms with E-state index in [1.54, 1.807) is 14.0 Å². The zero-order valence-electron chi connectivity index (χ0n) is 16.8. The zero-order chi connectivity index (χ0) is 19.8. The van der Waals surface area contributed by atoms with Gasteiger partial charge in [0.15, 0.2) is 0 Å². The number of rotatable bonds is 5. The van der Waals surface area contributed by atoms with Gasteiger partial charge in [-0.05, 0) is 54.8 Å². The first-order valence-electron chi connectivity index (χ1n) is 9.68. The first-order chi connectivity index (χ1) is 12.9. The van der Waals surface area contributed by atoms with Crippen molar-refractivity contribution >= 4 is 16.7 Å². The second kappa shape index (κ2) is 10.3. The number of fused-ring (bicyclic) bond motifs is 1. The lowest BCUT2D eigenvalue weighted by Crippen LogP contribution is -2.45. The van der Waals surface area contributed by atoms with E-state index in [1.807, 2.05) is 36.4 Å². The van der Waals surface area contributed by atoms with Crippen molar-refractivity contribution in [3.63, 3.8) is 0 Å². The summed E-state index contributed by atoms with van der Waals surface area (Å²) in [5, 5.41) is 17.9. The third kappa shape index (κ3) is 6.52. The molecule has 148 valence electrons. The van der Waals surface area contributed by atoms with Gasteiger partial charge in [-0.1, -0.05) is 38.1 Å². The molecule has 2 aromatic rings. The van der Waals surface area contributed by atoms with Gasteiger partial charge in [-0.2, -0.15) is 0 Å². The molecule has 1 fully saturated rings. The molecule has 27 heavy (non-hydrogen) atoms. The molecule has 3 rings (SSSR count). The van der Waals surface area contributed by atoms with Crippen LogP contribution in [0.1, 0.15) is 45.1 Å². The number of carbonyl (C=O) groups is 1. The molecule has 3 N–H and O–H groups in total. The summed E-state index contributed by atoms with van der Waals surface area (Å²) in [7, 11) is 1.63. The van der Waals surface area contributed by atoms with E-state index in [2.05, 4.69) is 24.5 Å². The normalized spacial score (nSPS) is 17.9. The van der Waals surface area contributed by atoms with Crippen molar-refractivity contribution in [1.82, 2.24) is 10.6 Å². The molecule has 2 aromatic carbocycles. The molecule has 2 atom stereocenters. The number of hydrogen-bond acceptors (Lipinski definition) is 4.